The third kappa shape index (κ3) is 2.58. The number of carbonyl (C=O) groups excluding carboxylic acids is 1. The lowest BCUT2D eigenvalue weighted by Gasteiger charge is -2.10. The summed E-state index contributed by atoms with van der Waals surface area (Å²) < 4.78 is 5.07. The first kappa shape index (κ1) is 11.3. The van der Waals surface area contributed by atoms with Gasteiger partial charge >= 0.3 is 0 Å². The lowest BCUT2D eigenvalue weighted by atomic mass is 10.0. The van der Waals surface area contributed by atoms with Gasteiger partial charge in [0.15, 0.2) is 5.78 Å². The maximum atomic E-state index is 11.8. The molecule has 0 aromatic heterocycles. The molecule has 0 radical (unpaired) electrons. The molecule has 0 aliphatic rings. The SMILES string of the molecule is C#CCC(N)C(=O)c1ccccc1OC. The minimum atomic E-state index is -0.661. The van der Waals surface area contributed by atoms with Gasteiger partial charge in [-0.25, -0.2) is 0 Å². The van der Waals surface area contributed by atoms with E-state index in [-0.39, 0.29) is 12.2 Å². The normalized spacial score (nSPS) is 11.5. The molecular weight excluding hydrogens is 190 g/mol. The largest absolute Gasteiger partial charge is 0.496 e. The number of hydrogen-bond acceptors (Lipinski definition) is 3. The van der Waals surface area contributed by atoms with Crippen LogP contribution >= 0.6 is 0 Å². The van der Waals surface area contributed by atoms with Gasteiger partial charge in [0.25, 0.3) is 0 Å². The van der Waals surface area contributed by atoms with Crippen molar-refractivity contribution in [3.63, 3.8) is 0 Å². The Hall–Kier alpha value is -1.79. The number of Topliss-reactive ketones (excluding diaryl/α,β-unsaturated/α-hetero) is 1. The van der Waals surface area contributed by atoms with E-state index in [1.54, 1.807) is 24.3 Å². The van der Waals surface area contributed by atoms with Crippen LogP contribution in [-0.2, 0) is 0 Å². The predicted octanol–water partition coefficient (Wildman–Crippen LogP) is 1.23. The van der Waals surface area contributed by atoms with Gasteiger partial charge in [-0.15, -0.1) is 12.3 Å². The molecule has 1 aromatic carbocycles. The molecule has 1 rings (SSSR count). The van der Waals surface area contributed by atoms with Gasteiger partial charge in [-0.3, -0.25) is 4.79 Å². The Labute approximate surface area is 89.2 Å². The topological polar surface area (TPSA) is 52.3 Å². The molecule has 1 aromatic rings. The molecule has 3 heteroatoms. The number of methoxy groups -OCH3 is 1. The Kier molecular flexibility index (Phi) is 3.90. The van der Waals surface area contributed by atoms with Crippen LogP contribution in [-0.4, -0.2) is 18.9 Å². The van der Waals surface area contributed by atoms with E-state index in [9.17, 15) is 4.79 Å². The summed E-state index contributed by atoms with van der Waals surface area (Å²) in [5.74, 6) is 2.70. The summed E-state index contributed by atoms with van der Waals surface area (Å²) in [6.45, 7) is 0. The van der Waals surface area contributed by atoms with Gasteiger partial charge < -0.3 is 10.5 Å². The summed E-state index contributed by atoms with van der Waals surface area (Å²) in [6, 6.07) is 6.29. The zero-order valence-electron chi connectivity index (χ0n) is 8.57. The lowest BCUT2D eigenvalue weighted by Crippen LogP contribution is -2.30. The molecule has 0 fully saturated rings. The highest BCUT2D eigenvalue weighted by molar-refractivity contribution is 6.02. The zero-order chi connectivity index (χ0) is 11.3. The van der Waals surface area contributed by atoms with Crippen molar-refractivity contribution < 1.29 is 9.53 Å². The van der Waals surface area contributed by atoms with Crippen LogP contribution in [0.5, 0.6) is 5.75 Å². The van der Waals surface area contributed by atoms with Crippen molar-refractivity contribution in [3.8, 4) is 18.1 Å². The monoisotopic (exact) mass is 203 g/mol. The average molecular weight is 203 g/mol. The van der Waals surface area contributed by atoms with E-state index in [0.717, 1.165) is 0 Å². The van der Waals surface area contributed by atoms with E-state index in [0.29, 0.717) is 11.3 Å². The molecule has 2 N–H and O–H groups in total. The molecule has 0 aliphatic heterocycles. The maximum Gasteiger partial charge on any atom is 0.184 e. The van der Waals surface area contributed by atoms with Crippen molar-refractivity contribution >= 4 is 5.78 Å². The third-order valence-corrected chi connectivity index (χ3v) is 2.05. The smallest absolute Gasteiger partial charge is 0.184 e. The van der Waals surface area contributed by atoms with Gasteiger partial charge in [-0.05, 0) is 12.1 Å². The van der Waals surface area contributed by atoms with Crippen LogP contribution in [0.15, 0.2) is 24.3 Å². The molecule has 0 spiro atoms. The number of ketones is 1. The second-order valence-electron chi connectivity index (χ2n) is 3.08. The molecule has 3 nitrogen and oxygen atoms in total. The van der Waals surface area contributed by atoms with Crippen LogP contribution in [0, 0.1) is 12.3 Å². The fraction of sp³-hybridized carbons (Fsp3) is 0.250. The third-order valence-electron chi connectivity index (χ3n) is 2.05. The summed E-state index contributed by atoms with van der Waals surface area (Å²) in [7, 11) is 1.51. The Morgan fingerprint density at radius 3 is 2.87 bits per heavy atom. The van der Waals surface area contributed by atoms with Crippen molar-refractivity contribution in [1.29, 1.82) is 0 Å². The molecule has 0 saturated carbocycles. The second-order valence-corrected chi connectivity index (χ2v) is 3.08. The second kappa shape index (κ2) is 5.18. The molecule has 0 bridgehead atoms. The molecule has 78 valence electrons. The number of carbonyl (C=O) groups is 1. The summed E-state index contributed by atoms with van der Waals surface area (Å²) in [5, 5.41) is 0. The molecule has 15 heavy (non-hydrogen) atoms. The van der Waals surface area contributed by atoms with Crippen LogP contribution in [0.4, 0.5) is 0 Å². The van der Waals surface area contributed by atoms with Gasteiger partial charge in [-0.2, -0.15) is 0 Å². The van der Waals surface area contributed by atoms with Crippen molar-refractivity contribution in [3.05, 3.63) is 29.8 Å². The van der Waals surface area contributed by atoms with E-state index in [1.165, 1.54) is 7.11 Å². The number of ether oxygens (including phenoxy) is 1. The fourth-order valence-corrected chi connectivity index (χ4v) is 1.27. The Morgan fingerprint density at radius 2 is 2.27 bits per heavy atom. The van der Waals surface area contributed by atoms with Crippen molar-refractivity contribution in [2.75, 3.05) is 7.11 Å². The molecular formula is C12H13NO2. The van der Waals surface area contributed by atoms with Gasteiger partial charge in [0.05, 0.1) is 18.7 Å². The van der Waals surface area contributed by atoms with Crippen molar-refractivity contribution in [1.82, 2.24) is 0 Å². The van der Waals surface area contributed by atoms with Crippen LogP contribution in [0.2, 0.25) is 0 Å². The first-order chi connectivity index (χ1) is 7.20. The Bertz CT molecular complexity index is 393. The first-order valence-corrected chi connectivity index (χ1v) is 4.57. The number of rotatable bonds is 4. The van der Waals surface area contributed by atoms with Gasteiger partial charge in [0, 0.05) is 6.42 Å². The Morgan fingerprint density at radius 1 is 1.60 bits per heavy atom. The molecule has 0 saturated heterocycles. The van der Waals surface area contributed by atoms with Crippen LogP contribution < -0.4 is 10.5 Å². The fourth-order valence-electron chi connectivity index (χ4n) is 1.27. The van der Waals surface area contributed by atoms with Crippen LogP contribution in [0.3, 0.4) is 0 Å². The molecule has 0 heterocycles. The quantitative estimate of drug-likeness (QED) is 0.591. The highest BCUT2D eigenvalue weighted by atomic mass is 16.5. The number of terminal acetylenes is 1. The molecule has 0 amide bonds. The van der Waals surface area contributed by atoms with Crippen molar-refractivity contribution in [2.24, 2.45) is 5.73 Å². The number of para-hydroxylation sites is 1. The van der Waals surface area contributed by atoms with E-state index in [2.05, 4.69) is 5.92 Å². The molecule has 1 atom stereocenters. The first-order valence-electron chi connectivity index (χ1n) is 4.57. The van der Waals surface area contributed by atoms with Crippen LogP contribution in [0.1, 0.15) is 16.8 Å². The average Bonchev–Trinajstić information content (AvgIpc) is 2.28. The summed E-state index contributed by atoms with van der Waals surface area (Å²) >= 11 is 0. The van der Waals surface area contributed by atoms with E-state index < -0.39 is 6.04 Å². The summed E-state index contributed by atoms with van der Waals surface area (Å²) in [4.78, 5) is 11.8. The van der Waals surface area contributed by atoms with E-state index in [4.69, 9.17) is 16.9 Å². The Balaban J connectivity index is 2.96. The van der Waals surface area contributed by atoms with Gasteiger partial charge in [0.1, 0.15) is 5.75 Å². The number of hydrogen-bond donors (Lipinski definition) is 1. The van der Waals surface area contributed by atoms with Gasteiger partial charge in [-0.1, -0.05) is 12.1 Å². The number of nitrogens with two attached hydrogens (primary N) is 1. The summed E-state index contributed by atoms with van der Waals surface area (Å²) in [6.07, 6.45) is 5.34. The minimum Gasteiger partial charge on any atom is -0.496 e. The highest BCUT2D eigenvalue weighted by Gasteiger charge is 2.17. The zero-order valence-corrected chi connectivity index (χ0v) is 8.57. The van der Waals surface area contributed by atoms with Crippen LogP contribution in [0.25, 0.3) is 0 Å². The van der Waals surface area contributed by atoms with E-state index >= 15 is 0 Å². The number of benzene rings is 1. The summed E-state index contributed by atoms with van der Waals surface area (Å²) in [5.41, 5.74) is 6.11. The molecule has 0 aliphatic carbocycles. The standard InChI is InChI=1S/C12H13NO2/c1-3-6-10(13)12(14)9-7-4-5-8-11(9)15-2/h1,4-5,7-8,10H,6,13H2,2H3. The minimum absolute atomic E-state index is 0.189. The molecule has 1 unspecified atom stereocenters. The highest BCUT2D eigenvalue weighted by Crippen LogP contribution is 2.19. The van der Waals surface area contributed by atoms with Crippen molar-refractivity contribution in [2.45, 2.75) is 12.5 Å². The lowest BCUT2D eigenvalue weighted by molar-refractivity contribution is 0.0960. The maximum absolute atomic E-state index is 11.8. The predicted molar refractivity (Wildman–Crippen MR) is 58.7 cm³/mol. The van der Waals surface area contributed by atoms with E-state index in [1.807, 2.05) is 0 Å². The van der Waals surface area contributed by atoms with Gasteiger partial charge in [0.2, 0.25) is 0 Å².